The fourth-order valence-electron chi connectivity index (χ4n) is 2.85. The van der Waals surface area contributed by atoms with Crippen LogP contribution in [0.25, 0.3) is 5.69 Å². The van der Waals surface area contributed by atoms with Gasteiger partial charge in [0.1, 0.15) is 5.82 Å². The molecule has 0 atom stereocenters. The van der Waals surface area contributed by atoms with E-state index in [2.05, 4.69) is 0 Å². The number of halogens is 1. The molecule has 2 aromatic rings. The molecule has 0 aliphatic heterocycles. The minimum Gasteiger partial charge on any atom is -0.315 e. The molecule has 1 aromatic carbocycles. The summed E-state index contributed by atoms with van der Waals surface area (Å²) in [4.78, 5) is 22.3. The van der Waals surface area contributed by atoms with Gasteiger partial charge in [-0.05, 0) is 31.9 Å². The SMILES string of the molecule is Cc1cc2c(n1-c1cc([N+](=O)[O-])ccc1F)CCCC2=O. The first-order chi connectivity index (χ1) is 9.99. The first-order valence-electron chi connectivity index (χ1n) is 6.68. The van der Waals surface area contributed by atoms with Crippen LogP contribution in [-0.4, -0.2) is 15.3 Å². The van der Waals surface area contributed by atoms with Crippen LogP contribution in [0.2, 0.25) is 0 Å². The van der Waals surface area contributed by atoms with Crippen LogP contribution in [0.3, 0.4) is 0 Å². The third-order valence-corrected chi connectivity index (χ3v) is 3.79. The summed E-state index contributed by atoms with van der Waals surface area (Å²) in [6, 6.07) is 5.16. The number of hydrogen-bond donors (Lipinski definition) is 0. The quantitative estimate of drug-likeness (QED) is 0.628. The van der Waals surface area contributed by atoms with Crippen LogP contribution in [0.5, 0.6) is 0 Å². The van der Waals surface area contributed by atoms with Gasteiger partial charge in [0, 0.05) is 35.5 Å². The van der Waals surface area contributed by atoms with Crippen molar-refractivity contribution in [3.63, 3.8) is 0 Å². The standard InChI is InChI=1S/C15H13FN2O3/c1-9-7-11-13(3-2-4-15(11)19)17(9)14-8-10(18(20)21)5-6-12(14)16/h5-8H,2-4H2,1H3. The summed E-state index contributed by atoms with van der Waals surface area (Å²) in [5, 5.41) is 10.9. The Morgan fingerprint density at radius 1 is 1.29 bits per heavy atom. The molecule has 0 N–H and O–H groups in total. The molecule has 1 heterocycles. The zero-order valence-electron chi connectivity index (χ0n) is 11.4. The predicted octanol–water partition coefficient (Wildman–Crippen LogP) is 3.35. The van der Waals surface area contributed by atoms with Crippen LogP contribution >= 0.6 is 0 Å². The number of hydrogen-bond acceptors (Lipinski definition) is 3. The molecule has 0 fully saturated rings. The highest BCUT2D eigenvalue weighted by Gasteiger charge is 2.25. The number of fused-ring (bicyclic) bond motifs is 1. The van der Waals surface area contributed by atoms with Gasteiger partial charge in [-0.1, -0.05) is 0 Å². The Morgan fingerprint density at radius 3 is 2.76 bits per heavy atom. The summed E-state index contributed by atoms with van der Waals surface area (Å²) in [6.45, 7) is 1.77. The lowest BCUT2D eigenvalue weighted by atomic mass is 9.96. The molecule has 1 aliphatic carbocycles. The molecule has 5 nitrogen and oxygen atoms in total. The van der Waals surface area contributed by atoms with E-state index in [4.69, 9.17) is 0 Å². The molecule has 0 saturated carbocycles. The van der Waals surface area contributed by atoms with E-state index in [1.165, 1.54) is 6.07 Å². The maximum atomic E-state index is 14.1. The second-order valence-corrected chi connectivity index (χ2v) is 5.15. The highest BCUT2D eigenvalue weighted by Crippen LogP contribution is 2.30. The summed E-state index contributed by atoms with van der Waals surface area (Å²) < 4.78 is 15.7. The first kappa shape index (κ1) is 13.5. The molecule has 0 radical (unpaired) electrons. The van der Waals surface area contributed by atoms with Crippen molar-refractivity contribution < 1.29 is 14.1 Å². The molecular weight excluding hydrogens is 275 g/mol. The lowest BCUT2D eigenvalue weighted by Crippen LogP contribution is -2.13. The number of ketones is 1. The lowest BCUT2D eigenvalue weighted by molar-refractivity contribution is -0.384. The van der Waals surface area contributed by atoms with Crippen molar-refractivity contribution >= 4 is 11.5 Å². The number of Topliss-reactive ketones (excluding diaryl/α,β-unsaturated/α-hetero) is 1. The number of rotatable bonds is 2. The van der Waals surface area contributed by atoms with E-state index < -0.39 is 10.7 Å². The molecule has 1 aromatic heterocycles. The van der Waals surface area contributed by atoms with Crippen LogP contribution in [-0.2, 0) is 6.42 Å². The van der Waals surface area contributed by atoms with Crippen molar-refractivity contribution in [1.29, 1.82) is 0 Å². The average Bonchev–Trinajstić information content (AvgIpc) is 2.77. The molecular formula is C15H13FN2O3. The molecule has 0 saturated heterocycles. The number of aryl methyl sites for hydroxylation is 1. The van der Waals surface area contributed by atoms with Gasteiger partial charge in [0.25, 0.3) is 5.69 Å². The van der Waals surface area contributed by atoms with Crippen LogP contribution in [0.1, 0.15) is 34.6 Å². The summed E-state index contributed by atoms with van der Waals surface area (Å²) in [6.07, 6.45) is 1.87. The first-order valence-corrected chi connectivity index (χ1v) is 6.68. The predicted molar refractivity (Wildman–Crippen MR) is 74.4 cm³/mol. The molecule has 1 aliphatic rings. The van der Waals surface area contributed by atoms with Gasteiger partial charge in [0.2, 0.25) is 0 Å². The Balaban J connectivity index is 2.24. The smallest absolute Gasteiger partial charge is 0.271 e. The van der Waals surface area contributed by atoms with Gasteiger partial charge in [0.05, 0.1) is 10.6 Å². The molecule has 6 heteroatoms. The zero-order valence-corrected chi connectivity index (χ0v) is 11.4. The van der Waals surface area contributed by atoms with Gasteiger partial charge in [-0.25, -0.2) is 4.39 Å². The Kier molecular flexibility index (Phi) is 3.08. The minimum absolute atomic E-state index is 0.0453. The maximum Gasteiger partial charge on any atom is 0.271 e. The number of benzene rings is 1. The van der Waals surface area contributed by atoms with Gasteiger partial charge in [-0.2, -0.15) is 0 Å². The van der Waals surface area contributed by atoms with Gasteiger partial charge in [0.15, 0.2) is 5.78 Å². The van der Waals surface area contributed by atoms with Crippen LogP contribution in [0, 0.1) is 22.9 Å². The van der Waals surface area contributed by atoms with E-state index in [1.54, 1.807) is 17.6 Å². The minimum atomic E-state index is -0.556. The van der Waals surface area contributed by atoms with E-state index >= 15 is 0 Å². The summed E-state index contributed by atoms with van der Waals surface area (Å²) in [5.74, 6) is -0.496. The number of carbonyl (C=O) groups is 1. The van der Waals surface area contributed by atoms with Crippen molar-refractivity contribution in [2.45, 2.75) is 26.2 Å². The number of carbonyl (C=O) groups excluding carboxylic acids is 1. The Bertz CT molecular complexity index is 765. The highest BCUT2D eigenvalue weighted by atomic mass is 19.1. The summed E-state index contributed by atoms with van der Waals surface area (Å²) >= 11 is 0. The van der Waals surface area contributed by atoms with Gasteiger partial charge in [-0.3, -0.25) is 14.9 Å². The van der Waals surface area contributed by atoms with Crippen molar-refractivity contribution in [1.82, 2.24) is 4.57 Å². The highest BCUT2D eigenvalue weighted by molar-refractivity contribution is 5.98. The van der Waals surface area contributed by atoms with Gasteiger partial charge in [-0.15, -0.1) is 0 Å². The Morgan fingerprint density at radius 2 is 2.05 bits per heavy atom. The number of nitro groups is 1. The summed E-state index contributed by atoms with van der Waals surface area (Å²) in [5.41, 5.74) is 2.00. The normalized spacial score (nSPS) is 14.1. The second kappa shape index (κ2) is 4.80. The van der Waals surface area contributed by atoms with E-state index in [0.29, 0.717) is 30.5 Å². The molecule has 3 rings (SSSR count). The Hall–Kier alpha value is -2.50. The maximum absolute atomic E-state index is 14.1. The second-order valence-electron chi connectivity index (χ2n) is 5.15. The van der Waals surface area contributed by atoms with Crippen molar-refractivity contribution in [2.75, 3.05) is 0 Å². The van der Waals surface area contributed by atoms with E-state index in [-0.39, 0.29) is 17.2 Å². The lowest BCUT2D eigenvalue weighted by Gasteiger charge is -2.16. The van der Waals surface area contributed by atoms with Gasteiger partial charge >= 0.3 is 0 Å². The summed E-state index contributed by atoms with van der Waals surface area (Å²) in [7, 11) is 0. The molecule has 21 heavy (non-hydrogen) atoms. The monoisotopic (exact) mass is 288 g/mol. The van der Waals surface area contributed by atoms with E-state index in [9.17, 15) is 19.3 Å². The largest absolute Gasteiger partial charge is 0.315 e. The van der Waals surface area contributed by atoms with E-state index in [0.717, 1.165) is 17.8 Å². The topological polar surface area (TPSA) is 65.1 Å². The van der Waals surface area contributed by atoms with Crippen molar-refractivity contribution in [3.05, 3.63) is 57.1 Å². The third kappa shape index (κ3) is 2.12. The van der Waals surface area contributed by atoms with Crippen molar-refractivity contribution in [3.8, 4) is 5.69 Å². The van der Waals surface area contributed by atoms with Gasteiger partial charge < -0.3 is 4.57 Å². The van der Waals surface area contributed by atoms with Crippen LogP contribution in [0.4, 0.5) is 10.1 Å². The van der Waals surface area contributed by atoms with Crippen LogP contribution < -0.4 is 0 Å². The van der Waals surface area contributed by atoms with Crippen molar-refractivity contribution in [2.24, 2.45) is 0 Å². The molecule has 0 bridgehead atoms. The Labute approximate surface area is 120 Å². The molecule has 108 valence electrons. The fraction of sp³-hybridized carbons (Fsp3) is 0.267. The molecule has 0 unspecified atom stereocenters. The van der Waals surface area contributed by atoms with E-state index in [1.807, 2.05) is 0 Å². The number of nitrogens with zero attached hydrogens (tertiary/aromatic N) is 2. The van der Waals surface area contributed by atoms with Crippen LogP contribution in [0.15, 0.2) is 24.3 Å². The number of nitro benzene ring substituents is 1. The third-order valence-electron chi connectivity index (χ3n) is 3.79. The fourth-order valence-corrected chi connectivity index (χ4v) is 2.85. The number of aromatic nitrogens is 1. The average molecular weight is 288 g/mol. The molecule has 0 amide bonds. The molecule has 0 spiro atoms. The zero-order chi connectivity index (χ0) is 15.1. The number of non-ortho nitro benzene ring substituents is 1.